The molecule has 1 saturated heterocycles. The van der Waals surface area contributed by atoms with Crippen LogP contribution in [0.4, 0.5) is 8.78 Å². The summed E-state index contributed by atoms with van der Waals surface area (Å²) in [7, 11) is -4.35. The number of alkyl halides is 2. The first-order valence-electron chi connectivity index (χ1n) is 4.84. The quantitative estimate of drug-likeness (QED) is 0.510. The Bertz CT molecular complexity index is 245. The SMILES string of the molecule is CCOP(=O)(OCC)C(F)(F)CC1CO1. The molecule has 0 spiro atoms. The highest BCUT2D eigenvalue weighted by Gasteiger charge is 2.55. The Balaban J connectivity index is 2.70. The fraction of sp³-hybridized carbons (Fsp3) is 1.00. The summed E-state index contributed by atoms with van der Waals surface area (Å²) in [6, 6.07) is 0. The summed E-state index contributed by atoms with van der Waals surface area (Å²) in [4.78, 5) is 0. The first-order valence-corrected chi connectivity index (χ1v) is 6.38. The predicted octanol–water partition coefficient (Wildman–Crippen LogP) is 2.63. The van der Waals surface area contributed by atoms with Crippen molar-refractivity contribution in [2.45, 2.75) is 32.0 Å². The molecule has 1 aliphatic rings. The van der Waals surface area contributed by atoms with Gasteiger partial charge in [0.1, 0.15) is 0 Å². The van der Waals surface area contributed by atoms with E-state index < -0.39 is 25.8 Å². The first kappa shape index (κ1) is 13.0. The maximum Gasteiger partial charge on any atom is 0.399 e. The van der Waals surface area contributed by atoms with Crippen LogP contribution in [0.15, 0.2) is 0 Å². The summed E-state index contributed by atoms with van der Waals surface area (Å²) in [5, 5.41) is 0. The number of ether oxygens (including phenoxy) is 1. The van der Waals surface area contributed by atoms with Gasteiger partial charge in [-0.15, -0.1) is 0 Å². The fourth-order valence-electron chi connectivity index (χ4n) is 1.14. The molecule has 0 bridgehead atoms. The molecule has 1 fully saturated rings. The van der Waals surface area contributed by atoms with E-state index in [0.717, 1.165) is 0 Å². The minimum Gasteiger partial charge on any atom is -0.373 e. The molecule has 1 unspecified atom stereocenters. The van der Waals surface area contributed by atoms with Crippen molar-refractivity contribution in [1.82, 2.24) is 0 Å². The zero-order chi connectivity index (χ0) is 11.5. The average Bonchev–Trinajstić information content (AvgIpc) is 2.88. The molecule has 90 valence electrons. The Morgan fingerprint density at radius 2 is 1.87 bits per heavy atom. The van der Waals surface area contributed by atoms with E-state index >= 15 is 0 Å². The molecule has 0 aliphatic carbocycles. The zero-order valence-electron chi connectivity index (χ0n) is 8.74. The molecule has 0 saturated carbocycles. The molecule has 0 radical (unpaired) electrons. The number of rotatable bonds is 7. The number of hydrogen-bond donors (Lipinski definition) is 0. The second kappa shape index (κ2) is 4.87. The summed E-state index contributed by atoms with van der Waals surface area (Å²) in [6.45, 7) is 3.13. The predicted molar refractivity (Wildman–Crippen MR) is 50.2 cm³/mol. The number of epoxide rings is 1. The van der Waals surface area contributed by atoms with Crippen LogP contribution in [0.2, 0.25) is 0 Å². The lowest BCUT2D eigenvalue weighted by Crippen LogP contribution is -2.22. The molecule has 15 heavy (non-hydrogen) atoms. The van der Waals surface area contributed by atoms with Gasteiger partial charge in [0.2, 0.25) is 0 Å². The Morgan fingerprint density at radius 1 is 1.40 bits per heavy atom. The van der Waals surface area contributed by atoms with Crippen LogP contribution in [0.5, 0.6) is 0 Å². The molecule has 0 aromatic rings. The van der Waals surface area contributed by atoms with E-state index in [1.54, 1.807) is 0 Å². The Labute approximate surface area is 87.4 Å². The second-order valence-corrected chi connectivity index (χ2v) is 5.32. The fourth-order valence-corrected chi connectivity index (χ4v) is 2.70. The molecular formula is C8H15F2O4P. The minimum atomic E-state index is -4.35. The maximum atomic E-state index is 13.5. The molecule has 7 heteroatoms. The van der Waals surface area contributed by atoms with Crippen molar-refractivity contribution < 1.29 is 27.1 Å². The van der Waals surface area contributed by atoms with Crippen LogP contribution < -0.4 is 0 Å². The average molecular weight is 244 g/mol. The van der Waals surface area contributed by atoms with E-state index in [4.69, 9.17) is 0 Å². The van der Waals surface area contributed by atoms with Crippen LogP contribution in [0.25, 0.3) is 0 Å². The molecular weight excluding hydrogens is 229 g/mol. The monoisotopic (exact) mass is 244 g/mol. The summed E-state index contributed by atoms with van der Waals surface area (Å²) in [6.07, 6.45) is -1.13. The van der Waals surface area contributed by atoms with Crippen LogP contribution >= 0.6 is 7.60 Å². The Kier molecular flexibility index (Phi) is 4.23. The summed E-state index contributed by atoms with van der Waals surface area (Å²) in [5.41, 5.74) is -3.47. The maximum absolute atomic E-state index is 13.5. The standard InChI is InChI=1S/C8H15F2O4P/c1-3-13-15(11,14-4-2)8(9,10)5-7-6-12-7/h7H,3-6H2,1-2H3. The van der Waals surface area contributed by atoms with Crippen molar-refractivity contribution in [1.29, 1.82) is 0 Å². The molecule has 1 rings (SSSR count). The molecule has 1 aliphatic heterocycles. The van der Waals surface area contributed by atoms with Gasteiger partial charge in [-0.2, -0.15) is 8.78 Å². The third kappa shape index (κ3) is 3.21. The van der Waals surface area contributed by atoms with E-state index in [1.165, 1.54) is 13.8 Å². The van der Waals surface area contributed by atoms with Crippen LogP contribution in [-0.2, 0) is 18.3 Å². The van der Waals surface area contributed by atoms with Crippen LogP contribution in [-0.4, -0.2) is 31.6 Å². The minimum absolute atomic E-state index is 0.0710. The van der Waals surface area contributed by atoms with Gasteiger partial charge in [0.05, 0.1) is 32.3 Å². The van der Waals surface area contributed by atoms with Crippen molar-refractivity contribution in [3.63, 3.8) is 0 Å². The third-order valence-corrected chi connectivity index (χ3v) is 4.05. The molecule has 1 atom stereocenters. The molecule has 4 nitrogen and oxygen atoms in total. The van der Waals surface area contributed by atoms with Crippen molar-refractivity contribution in [2.75, 3.05) is 19.8 Å². The van der Waals surface area contributed by atoms with Gasteiger partial charge in [0.15, 0.2) is 0 Å². The van der Waals surface area contributed by atoms with E-state index in [2.05, 4.69) is 13.8 Å². The summed E-state index contributed by atoms with van der Waals surface area (Å²) >= 11 is 0. The van der Waals surface area contributed by atoms with Gasteiger partial charge in [-0.1, -0.05) is 0 Å². The molecule has 0 aromatic heterocycles. The number of hydrogen-bond acceptors (Lipinski definition) is 4. The lowest BCUT2D eigenvalue weighted by molar-refractivity contribution is 0.0255. The smallest absolute Gasteiger partial charge is 0.373 e. The third-order valence-electron chi connectivity index (χ3n) is 1.87. The van der Waals surface area contributed by atoms with Gasteiger partial charge in [-0.3, -0.25) is 4.57 Å². The van der Waals surface area contributed by atoms with E-state index in [0.29, 0.717) is 0 Å². The van der Waals surface area contributed by atoms with Gasteiger partial charge in [0, 0.05) is 0 Å². The topological polar surface area (TPSA) is 48.1 Å². The zero-order valence-corrected chi connectivity index (χ0v) is 9.64. The lowest BCUT2D eigenvalue weighted by Gasteiger charge is -2.25. The van der Waals surface area contributed by atoms with Gasteiger partial charge in [-0.25, -0.2) is 0 Å². The molecule has 0 amide bonds. The van der Waals surface area contributed by atoms with Gasteiger partial charge in [-0.05, 0) is 13.8 Å². The first-order chi connectivity index (χ1) is 6.95. The largest absolute Gasteiger partial charge is 0.399 e. The van der Waals surface area contributed by atoms with Gasteiger partial charge < -0.3 is 13.8 Å². The van der Waals surface area contributed by atoms with Gasteiger partial charge >= 0.3 is 13.3 Å². The highest BCUT2D eigenvalue weighted by molar-refractivity contribution is 7.55. The molecule has 1 heterocycles. The highest BCUT2D eigenvalue weighted by atomic mass is 31.2. The second-order valence-electron chi connectivity index (χ2n) is 3.16. The molecule has 0 aromatic carbocycles. The van der Waals surface area contributed by atoms with E-state index in [9.17, 15) is 13.3 Å². The van der Waals surface area contributed by atoms with E-state index in [1.807, 2.05) is 0 Å². The molecule has 0 N–H and O–H groups in total. The van der Waals surface area contributed by atoms with Gasteiger partial charge in [0.25, 0.3) is 0 Å². The van der Waals surface area contributed by atoms with Crippen molar-refractivity contribution in [3.05, 3.63) is 0 Å². The number of halogens is 2. The van der Waals surface area contributed by atoms with E-state index in [-0.39, 0.29) is 19.8 Å². The normalized spacial score (nSPS) is 21.7. The highest BCUT2D eigenvalue weighted by Crippen LogP contribution is 2.64. The van der Waals surface area contributed by atoms with Crippen LogP contribution in [0, 0.1) is 0 Å². The van der Waals surface area contributed by atoms with Crippen LogP contribution in [0.3, 0.4) is 0 Å². The summed E-state index contributed by atoms with van der Waals surface area (Å²) < 4.78 is 52.7. The van der Waals surface area contributed by atoms with Crippen molar-refractivity contribution in [2.24, 2.45) is 0 Å². The van der Waals surface area contributed by atoms with Crippen molar-refractivity contribution >= 4 is 7.60 Å². The Morgan fingerprint density at radius 3 is 2.20 bits per heavy atom. The summed E-state index contributed by atoms with van der Waals surface area (Å²) in [5.74, 6) is 0. The Hall–Kier alpha value is -0.0300. The van der Waals surface area contributed by atoms with Crippen LogP contribution in [0.1, 0.15) is 20.3 Å². The van der Waals surface area contributed by atoms with Crippen molar-refractivity contribution in [3.8, 4) is 0 Å². The lowest BCUT2D eigenvalue weighted by atomic mass is 10.3.